The molecule has 136 valence electrons. The van der Waals surface area contributed by atoms with E-state index in [1.807, 2.05) is 24.3 Å². The Bertz CT molecular complexity index is 904. The molecule has 0 aliphatic heterocycles. The van der Waals surface area contributed by atoms with Gasteiger partial charge in [0.1, 0.15) is 5.75 Å². The molecule has 6 heteroatoms. The number of rotatable bonds is 7. The van der Waals surface area contributed by atoms with E-state index in [2.05, 4.69) is 36.3 Å². The molecular formula is C20H22N2O2S2. The fourth-order valence-corrected chi connectivity index (χ4v) is 4.49. The summed E-state index contributed by atoms with van der Waals surface area (Å²) in [5.41, 5.74) is 3.35. The van der Waals surface area contributed by atoms with Gasteiger partial charge in [0, 0.05) is 11.3 Å². The number of thioether (sulfide) groups is 1. The number of aromatic nitrogens is 1. The summed E-state index contributed by atoms with van der Waals surface area (Å²) in [6.45, 7) is 4.14. The van der Waals surface area contributed by atoms with E-state index in [9.17, 15) is 4.79 Å². The zero-order chi connectivity index (χ0) is 18.5. The Morgan fingerprint density at radius 3 is 2.73 bits per heavy atom. The summed E-state index contributed by atoms with van der Waals surface area (Å²) in [5, 5.41) is 3.62. The van der Waals surface area contributed by atoms with Crippen LogP contribution in [0, 0.1) is 13.8 Å². The van der Waals surface area contributed by atoms with E-state index in [4.69, 9.17) is 4.74 Å². The van der Waals surface area contributed by atoms with Crippen molar-refractivity contribution >= 4 is 44.4 Å². The number of fused-ring (bicyclic) bond motifs is 1. The van der Waals surface area contributed by atoms with Crippen LogP contribution in [0.25, 0.3) is 10.2 Å². The first-order valence-corrected chi connectivity index (χ1v) is 10.3. The Morgan fingerprint density at radius 2 is 2.00 bits per heavy atom. The van der Waals surface area contributed by atoms with Crippen molar-refractivity contribution in [2.75, 3.05) is 18.2 Å². The summed E-state index contributed by atoms with van der Waals surface area (Å²) in [4.78, 5) is 17.9. The van der Waals surface area contributed by atoms with Crippen LogP contribution in [0.2, 0.25) is 0 Å². The Labute approximate surface area is 162 Å². The number of aryl methyl sites for hydroxylation is 2. The quantitative estimate of drug-likeness (QED) is 0.434. The summed E-state index contributed by atoms with van der Waals surface area (Å²) in [6.07, 6.45) is 1.32. The molecule has 1 amide bonds. The number of hydrogen-bond acceptors (Lipinski definition) is 5. The molecule has 0 aliphatic rings. The maximum atomic E-state index is 12.2. The predicted molar refractivity (Wildman–Crippen MR) is 111 cm³/mol. The van der Waals surface area contributed by atoms with E-state index in [0.717, 1.165) is 28.1 Å². The first-order chi connectivity index (χ1) is 12.5. The van der Waals surface area contributed by atoms with Crippen molar-refractivity contribution in [2.24, 2.45) is 0 Å². The largest absolute Gasteiger partial charge is 0.497 e. The maximum absolute atomic E-state index is 12.2. The molecular weight excluding hydrogens is 364 g/mol. The van der Waals surface area contributed by atoms with Crippen molar-refractivity contribution in [3.63, 3.8) is 0 Å². The van der Waals surface area contributed by atoms with Gasteiger partial charge in [-0.25, -0.2) is 4.98 Å². The highest BCUT2D eigenvalue weighted by Gasteiger charge is 2.10. The molecule has 1 heterocycles. The first-order valence-electron chi connectivity index (χ1n) is 8.49. The summed E-state index contributed by atoms with van der Waals surface area (Å²) in [6, 6.07) is 12.2. The van der Waals surface area contributed by atoms with Gasteiger partial charge in [-0.2, -0.15) is 0 Å². The molecule has 4 nitrogen and oxygen atoms in total. The van der Waals surface area contributed by atoms with E-state index < -0.39 is 0 Å². The second-order valence-corrected chi connectivity index (χ2v) is 8.29. The normalized spacial score (nSPS) is 10.9. The highest BCUT2D eigenvalue weighted by Crippen LogP contribution is 2.30. The smallest absolute Gasteiger partial charge is 0.226 e. The molecule has 0 radical (unpaired) electrons. The van der Waals surface area contributed by atoms with Crippen molar-refractivity contribution in [3.8, 4) is 5.75 Å². The molecule has 26 heavy (non-hydrogen) atoms. The van der Waals surface area contributed by atoms with E-state index in [0.29, 0.717) is 11.6 Å². The van der Waals surface area contributed by atoms with Crippen molar-refractivity contribution in [2.45, 2.75) is 31.6 Å². The monoisotopic (exact) mass is 386 g/mol. The van der Waals surface area contributed by atoms with Gasteiger partial charge in [-0.05, 0) is 67.5 Å². The fourth-order valence-electron chi connectivity index (χ4n) is 2.71. The Kier molecular flexibility index (Phi) is 6.16. The number of hydrogen-bond donors (Lipinski definition) is 1. The number of methoxy groups -OCH3 is 1. The van der Waals surface area contributed by atoms with Crippen molar-refractivity contribution in [1.82, 2.24) is 4.98 Å². The van der Waals surface area contributed by atoms with Crippen LogP contribution in [0.3, 0.4) is 0 Å². The van der Waals surface area contributed by atoms with Gasteiger partial charge < -0.3 is 10.1 Å². The minimum absolute atomic E-state index is 0.0220. The van der Waals surface area contributed by atoms with E-state index in [1.165, 1.54) is 16.0 Å². The number of carbonyl (C=O) groups excluding carboxylic acids is 1. The minimum Gasteiger partial charge on any atom is -0.497 e. The molecule has 1 aromatic heterocycles. The van der Waals surface area contributed by atoms with Crippen molar-refractivity contribution in [1.29, 1.82) is 0 Å². The number of nitrogens with one attached hydrogen (secondary N) is 1. The molecule has 0 saturated heterocycles. The first kappa shape index (κ1) is 18.7. The molecule has 1 N–H and O–H groups in total. The lowest BCUT2D eigenvalue weighted by Gasteiger charge is -2.04. The molecule has 0 saturated carbocycles. The summed E-state index contributed by atoms with van der Waals surface area (Å²) in [5.74, 6) is 1.78. The third-order valence-corrected chi connectivity index (χ3v) is 6.16. The lowest BCUT2D eigenvalue weighted by molar-refractivity contribution is -0.116. The highest BCUT2D eigenvalue weighted by atomic mass is 32.2. The summed E-state index contributed by atoms with van der Waals surface area (Å²) >= 11 is 3.29. The van der Waals surface area contributed by atoms with Gasteiger partial charge in [0.2, 0.25) is 5.91 Å². The maximum Gasteiger partial charge on any atom is 0.226 e. The number of amides is 1. The van der Waals surface area contributed by atoms with Crippen LogP contribution in [-0.4, -0.2) is 23.8 Å². The summed E-state index contributed by atoms with van der Waals surface area (Å²) < 4.78 is 6.29. The molecule has 3 rings (SSSR count). The third kappa shape index (κ3) is 4.77. The molecule has 0 bridgehead atoms. The van der Waals surface area contributed by atoms with Gasteiger partial charge in [-0.15, -0.1) is 11.8 Å². The summed E-state index contributed by atoms with van der Waals surface area (Å²) in [7, 11) is 1.66. The van der Waals surface area contributed by atoms with Crippen LogP contribution in [0.4, 0.5) is 5.13 Å². The number of ether oxygens (including phenoxy) is 1. The standard InChI is InChI=1S/C20H22N2O2S2/c1-13-11-14(2)19-17(12-13)21-20(26-19)22-18(23)5-4-10-25-16-8-6-15(24-3)7-9-16/h6-9,11-12H,4-5,10H2,1-3H3,(H,21,22,23). The van der Waals surface area contributed by atoms with Crippen LogP contribution >= 0.6 is 23.1 Å². The number of nitrogens with zero attached hydrogens (tertiary/aromatic N) is 1. The van der Waals surface area contributed by atoms with Gasteiger partial charge in [0.25, 0.3) is 0 Å². The number of anilines is 1. The molecule has 0 fully saturated rings. The predicted octanol–water partition coefficient (Wildman–Crippen LogP) is 5.43. The van der Waals surface area contributed by atoms with Gasteiger partial charge in [-0.3, -0.25) is 4.79 Å². The number of thiazole rings is 1. The van der Waals surface area contributed by atoms with Gasteiger partial charge in [0.15, 0.2) is 5.13 Å². The molecule has 3 aromatic rings. The topological polar surface area (TPSA) is 51.2 Å². The van der Waals surface area contributed by atoms with Gasteiger partial charge in [0.05, 0.1) is 17.3 Å². The minimum atomic E-state index is 0.0220. The number of carbonyl (C=O) groups is 1. The fraction of sp³-hybridized carbons (Fsp3) is 0.300. The molecule has 0 atom stereocenters. The lowest BCUT2D eigenvalue weighted by Crippen LogP contribution is -2.11. The van der Waals surface area contributed by atoms with Gasteiger partial charge in [-0.1, -0.05) is 17.4 Å². The molecule has 0 spiro atoms. The highest BCUT2D eigenvalue weighted by molar-refractivity contribution is 7.99. The van der Waals surface area contributed by atoms with Gasteiger partial charge >= 0.3 is 0 Å². The average Bonchev–Trinajstić information content (AvgIpc) is 3.02. The van der Waals surface area contributed by atoms with E-state index >= 15 is 0 Å². The van der Waals surface area contributed by atoms with Crippen LogP contribution in [0.15, 0.2) is 41.3 Å². The second kappa shape index (κ2) is 8.56. The van der Waals surface area contributed by atoms with E-state index in [1.54, 1.807) is 30.2 Å². The molecule has 0 aliphatic carbocycles. The lowest BCUT2D eigenvalue weighted by atomic mass is 10.1. The van der Waals surface area contributed by atoms with Crippen LogP contribution in [0.1, 0.15) is 24.0 Å². The van der Waals surface area contributed by atoms with Crippen molar-refractivity contribution in [3.05, 3.63) is 47.5 Å². The Balaban J connectivity index is 1.47. The third-order valence-electron chi connectivity index (χ3n) is 3.94. The average molecular weight is 387 g/mol. The SMILES string of the molecule is COc1ccc(SCCCC(=O)Nc2nc3cc(C)cc(C)c3s2)cc1. The second-order valence-electron chi connectivity index (χ2n) is 6.12. The van der Waals surface area contributed by atoms with E-state index in [-0.39, 0.29) is 5.91 Å². The molecule has 2 aromatic carbocycles. The Hall–Kier alpha value is -2.05. The van der Waals surface area contributed by atoms with Crippen LogP contribution in [0.5, 0.6) is 5.75 Å². The molecule has 0 unspecified atom stereocenters. The van der Waals surface area contributed by atoms with Crippen molar-refractivity contribution < 1.29 is 9.53 Å². The number of benzene rings is 2. The zero-order valence-corrected chi connectivity index (χ0v) is 16.8. The van der Waals surface area contributed by atoms with Crippen LogP contribution in [-0.2, 0) is 4.79 Å². The Morgan fingerprint density at radius 1 is 1.23 bits per heavy atom. The zero-order valence-electron chi connectivity index (χ0n) is 15.2. The van der Waals surface area contributed by atoms with Crippen LogP contribution < -0.4 is 10.1 Å².